The predicted octanol–water partition coefficient (Wildman–Crippen LogP) is 5.50. The molecule has 13 heteroatoms. The Kier molecular flexibility index (Phi) is 9.52. The lowest BCUT2D eigenvalue weighted by Gasteiger charge is -2.40. The highest BCUT2D eigenvalue weighted by atomic mass is 35.5. The molecular formula is C37H37ClN8O4. The van der Waals surface area contributed by atoms with Gasteiger partial charge < -0.3 is 24.2 Å². The molecule has 2 aromatic heterocycles. The molecule has 12 nitrogen and oxygen atoms in total. The van der Waals surface area contributed by atoms with Gasteiger partial charge in [0, 0.05) is 31.1 Å². The van der Waals surface area contributed by atoms with Crippen LogP contribution in [0.15, 0.2) is 71.5 Å². The highest BCUT2D eigenvalue weighted by Crippen LogP contribution is 2.31. The van der Waals surface area contributed by atoms with E-state index in [2.05, 4.69) is 23.0 Å². The summed E-state index contributed by atoms with van der Waals surface area (Å²) < 4.78 is 13.4. The van der Waals surface area contributed by atoms with Crippen LogP contribution in [0, 0.1) is 18.3 Å². The summed E-state index contributed by atoms with van der Waals surface area (Å²) >= 11 is 6.67. The van der Waals surface area contributed by atoms with Crippen molar-refractivity contribution >= 4 is 45.3 Å². The molecule has 1 amide bonds. The third-order valence-electron chi connectivity index (χ3n) is 9.55. The summed E-state index contributed by atoms with van der Waals surface area (Å²) in [5.41, 5.74) is 1.50. The normalized spacial score (nSPS) is 18.0. The van der Waals surface area contributed by atoms with Gasteiger partial charge in [0.25, 0.3) is 5.56 Å². The number of aromatic nitrogens is 4. The van der Waals surface area contributed by atoms with E-state index in [1.54, 1.807) is 17.9 Å². The van der Waals surface area contributed by atoms with Crippen molar-refractivity contribution in [3.63, 3.8) is 0 Å². The van der Waals surface area contributed by atoms with Crippen LogP contribution in [-0.2, 0) is 11.3 Å². The van der Waals surface area contributed by atoms with E-state index >= 15 is 0 Å². The summed E-state index contributed by atoms with van der Waals surface area (Å²) in [6.45, 7) is 4.15. The van der Waals surface area contributed by atoms with E-state index < -0.39 is 12.1 Å². The van der Waals surface area contributed by atoms with E-state index in [9.17, 15) is 14.9 Å². The topological polar surface area (TPSA) is 130 Å². The fourth-order valence-electron chi connectivity index (χ4n) is 6.90. The Morgan fingerprint density at radius 3 is 2.54 bits per heavy atom. The van der Waals surface area contributed by atoms with Crippen LogP contribution in [-0.4, -0.2) is 87.3 Å². The first-order valence-electron chi connectivity index (χ1n) is 16.7. The van der Waals surface area contributed by atoms with Crippen LogP contribution in [0.3, 0.4) is 0 Å². The number of likely N-dealkylation sites (tertiary alicyclic amines) is 1. The summed E-state index contributed by atoms with van der Waals surface area (Å²) in [6, 6.07) is 22.7. The first-order valence-corrected chi connectivity index (χ1v) is 17.1. The number of hydrogen-bond acceptors (Lipinski definition) is 10. The van der Waals surface area contributed by atoms with Gasteiger partial charge in [-0.25, -0.2) is 9.78 Å². The van der Waals surface area contributed by atoms with E-state index in [-0.39, 0.29) is 49.2 Å². The molecule has 7 rings (SSSR count). The number of aryl methyl sites for hydroxylation is 1. The monoisotopic (exact) mass is 692 g/mol. The van der Waals surface area contributed by atoms with Gasteiger partial charge in [-0.2, -0.15) is 15.2 Å². The fourth-order valence-corrected chi connectivity index (χ4v) is 7.18. The number of carbonyl (C=O) groups is 1. The van der Waals surface area contributed by atoms with Crippen LogP contribution < -0.4 is 15.2 Å². The van der Waals surface area contributed by atoms with E-state index in [0.717, 1.165) is 35.7 Å². The van der Waals surface area contributed by atoms with Crippen LogP contribution in [0.4, 0.5) is 10.6 Å². The number of hydrogen-bond donors (Lipinski definition) is 0. The van der Waals surface area contributed by atoms with Gasteiger partial charge in [-0.3, -0.25) is 9.36 Å². The zero-order valence-corrected chi connectivity index (χ0v) is 28.7. The van der Waals surface area contributed by atoms with Gasteiger partial charge in [-0.15, -0.1) is 0 Å². The number of carbonyl (C=O) groups excluding carboxylic acids is 1. The first-order chi connectivity index (χ1) is 24.3. The van der Waals surface area contributed by atoms with Gasteiger partial charge in [-0.1, -0.05) is 66.2 Å². The minimum Gasteiger partial charge on any atom is -0.462 e. The molecule has 2 aliphatic heterocycles. The van der Waals surface area contributed by atoms with Crippen LogP contribution in [0.25, 0.3) is 27.5 Å². The van der Waals surface area contributed by atoms with Crippen molar-refractivity contribution in [1.82, 2.24) is 29.3 Å². The second-order valence-electron chi connectivity index (χ2n) is 12.7. The molecule has 50 heavy (non-hydrogen) atoms. The maximum atomic E-state index is 14.5. The van der Waals surface area contributed by atoms with Crippen molar-refractivity contribution in [3.8, 4) is 17.8 Å². The minimum atomic E-state index is -0.489. The largest absolute Gasteiger partial charge is 0.462 e. The van der Waals surface area contributed by atoms with Crippen molar-refractivity contribution in [1.29, 1.82) is 5.26 Å². The Labute approximate surface area is 294 Å². The molecule has 0 saturated carbocycles. The van der Waals surface area contributed by atoms with Crippen molar-refractivity contribution in [3.05, 3.63) is 93.5 Å². The molecule has 2 saturated heterocycles. The number of benzene rings is 3. The van der Waals surface area contributed by atoms with E-state index in [1.807, 2.05) is 65.6 Å². The number of likely N-dealkylation sites (N-methyl/N-ethyl adjacent to an activating group) is 1. The van der Waals surface area contributed by atoms with Gasteiger partial charge in [0.15, 0.2) is 11.3 Å². The molecule has 4 heterocycles. The number of fused-ring (bicyclic) bond motifs is 2. The third-order valence-corrected chi connectivity index (χ3v) is 9.86. The summed E-state index contributed by atoms with van der Waals surface area (Å²) in [5, 5.41) is 11.9. The minimum absolute atomic E-state index is 0.0691. The molecule has 5 aromatic rings. The zero-order valence-electron chi connectivity index (χ0n) is 28.0. The second-order valence-corrected chi connectivity index (χ2v) is 13.1. The molecule has 2 fully saturated rings. The quantitative estimate of drug-likeness (QED) is 0.205. The number of rotatable bonds is 8. The summed E-state index contributed by atoms with van der Waals surface area (Å²) in [5.74, 6) is 0.839. The highest BCUT2D eigenvalue weighted by Gasteiger charge is 2.34. The Hall–Kier alpha value is -5.25. The van der Waals surface area contributed by atoms with Crippen molar-refractivity contribution in [2.45, 2.75) is 44.9 Å². The number of halogens is 1. The van der Waals surface area contributed by atoms with E-state index in [0.29, 0.717) is 41.0 Å². The fraction of sp³-hybridized carbons (Fsp3) is 0.351. The maximum absolute atomic E-state index is 14.5. The molecule has 0 unspecified atom stereocenters. The van der Waals surface area contributed by atoms with Crippen molar-refractivity contribution < 1.29 is 14.3 Å². The number of nitrogens with zero attached hydrogens (tertiary/aromatic N) is 8. The molecule has 0 spiro atoms. The summed E-state index contributed by atoms with van der Waals surface area (Å²) in [4.78, 5) is 47.9. The first kappa shape index (κ1) is 33.3. The molecule has 2 atom stereocenters. The Balaban J connectivity index is 1.27. The molecule has 256 valence electrons. The average Bonchev–Trinajstić information content (AvgIpc) is 3.54. The Morgan fingerprint density at radius 2 is 1.78 bits per heavy atom. The van der Waals surface area contributed by atoms with Gasteiger partial charge in [0.1, 0.15) is 24.6 Å². The van der Waals surface area contributed by atoms with Gasteiger partial charge in [0.2, 0.25) is 0 Å². The smallest absolute Gasteiger partial charge is 0.410 e. The lowest BCUT2D eigenvalue weighted by Crippen LogP contribution is -2.55. The number of ether oxygens (including phenoxy) is 2. The van der Waals surface area contributed by atoms with Crippen molar-refractivity contribution in [2.75, 3.05) is 44.7 Å². The standard InChI is InChI=1S/C37H37ClN8O4/c1-24-40-32-33(35(47)46(24)30-15-7-12-26-11-6-14-29(38)31(26)30)41-36(49-23-28-13-8-18-43(28)2)42-34(32)44-19-20-45(27(21-44)16-17-39)37(48)50-22-25-9-4-3-5-10-25/h3-7,9-12,14-15,27-28H,8,13,16,18-23H2,1-2H3/t27-,28-/m0/s1. The Bertz CT molecular complexity index is 2150. The molecule has 0 N–H and O–H groups in total. The second kappa shape index (κ2) is 14.3. The number of piperazine rings is 1. The van der Waals surface area contributed by atoms with Gasteiger partial charge >= 0.3 is 12.1 Å². The van der Waals surface area contributed by atoms with E-state index in [4.69, 9.17) is 31.0 Å². The molecule has 3 aromatic carbocycles. The SMILES string of the molecule is Cc1nc2c(N3CCN(C(=O)OCc4ccccc4)[C@@H](CC#N)C3)nc(OC[C@@H]3CCCN3C)nc2c(=O)n1-c1cccc2cccc(Cl)c12. The van der Waals surface area contributed by atoms with Crippen molar-refractivity contribution in [2.24, 2.45) is 0 Å². The Morgan fingerprint density at radius 1 is 0.980 bits per heavy atom. The summed E-state index contributed by atoms with van der Waals surface area (Å²) in [7, 11) is 2.06. The number of nitriles is 1. The van der Waals surface area contributed by atoms with Gasteiger partial charge in [-0.05, 0) is 56.4 Å². The molecule has 2 aliphatic rings. The molecule has 0 aliphatic carbocycles. The van der Waals surface area contributed by atoms with E-state index in [1.165, 1.54) is 4.57 Å². The highest BCUT2D eigenvalue weighted by molar-refractivity contribution is 6.36. The van der Waals surface area contributed by atoms with Crippen LogP contribution >= 0.6 is 11.6 Å². The average molecular weight is 693 g/mol. The zero-order chi connectivity index (χ0) is 34.8. The van der Waals surface area contributed by atoms with Crippen LogP contribution in [0.1, 0.15) is 30.7 Å². The third kappa shape index (κ3) is 6.54. The lowest BCUT2D eigenvalue weighted by molar-refractivity contribution is 0.0768. The number of anilines is 1. The van der Waals surface area contributed by atoms with Crippen LogP contribution in [0.5, 0.6) is 6.01 Å². The maximum Gasteiger partial charge on any atom is 0.410 e. The molecular weight excluding hydrogens is 656 g/mol. The molecule has 0 bridgehead atoms. The summed E-state index contributed by atoms with van der Waals surface area (Å²) in [6.07, 6.45) is 1.66. The molecule has 0 radical (unpaired) electrons. The lowest BCUT2D eigenvalue weighted by atomic mass is 10.1. The van der Waals surface area contributed by atoms with Gasteiger partial charge in [0.05, 0.1) is 29.2 Å². The number of amides is 1. The predicted molar refractivity (Wildman–Crippen MR) is 191 cm³/mol. The van der Waals surface area contributed by atoms with Crippen LogP contribution in [0.2, 0.25) is 5.02 Å².